The van der Waals surface area contributed by atoms with Gasteiger partial charge in [0.05, 0.1) is 5.02 Å². The van der Waals surface area contributed by atoms with Crippen molar-refractivity contribution in [2.24, 2.45) is 5.92 Å². The maximum Gasteiger partial charge on any atom is 0.265 e. The van der Waals surface area contributed by atoms with Gasteiger partial charge in [0.25, 0.3) is 5.91 Å². The highest BCUT2D eigenvalue weighted by Crippen LogP contribution is 2.34. The Hall–Kier alpha value is -1.75. The number of carbonyl (C=O) groups is 1. The molecule has 0 aliphatic carbocycles. The monoisotopic (exact) mass is 364 g/mol. The third-order valence-electron chi connectivity index (χ3n) is 3.93. The molecule has 1 unspecified atom stereocenters. The number of ether oxygens (including phenoxy) is 1. The van der Waals surface area contributed by atoms with Gasteiger partial charge in [0.2, 0.25) is 6.10 Å². The Balaban J connectivity index is 1.79. The first-order valence-corrected chi connectivity index (χ1v) is 8.55. The van der Waals surface area contributed by atoms with Crippen LogP contribution in [0.25, 0.3) is 0 Å². The average Bonchev–Trinajstić information content (AvgIpc) is 2.55. The first kappa shape index (κ1) is 17.1. The Morgan fingerprint density at radius 1 is 1.17 bits per heavy atom. The van der Waals surface area contributed by atoms with Gasteiger partial charge in [-0.25, -0.2) is 0 Å². The molecule has 0 saturated carbocycles. The summed E-state index contributed by atoms with van der Waals surface area (Å²) in [6.45, 7) is 2.48. The molecule has 6 heteroatoms. The van der Waals surface area contributed by atoms with Crippen molar-refractivity contribution in [1.82, 2.24) is 10.6 Å². The zero-order valence-electron chi connectivity index (χ0n) is 13.0. The predicted octanol–water partition coefficient (Wildman–Crippen LogP) is 3.45. The first-order chi connectivity index (χ1) is 11.6. The fourth-order valence-electron chi connectivity index (χ4n) is 2.43. The summed E-state index contributed by atoms with van der Waals surface area (Å²) < 4.78 is 5.91. The van der Waals surface area contributed by atoms with Crippen LogP contribution < -0.4 is 15.4 Å². The molecule has 1 atom stereocenters. The van der Waals surface area contributed by atoms with E-state index in [0.29, 0.717) is 28.3 Å². The number of halogens is 2. The molecule has 1 saturated heterocycles. The van der Waals surface area contributed by atoms with Crippen LogP contribution in [0.2, 0.25) is 10.0 Å². The minimum atomic E-state index is -0.782. The molecule has 126 valence electrons. The van der Waals surface area contributed by atoms with Crippen LogP contribution in [-0.4, -0.2) is 25.5 Å². The van der Waals surface area contributed by atoms with E-state index in [4.69, 9.17) is 27.9 Å². The van der Waals surface area contributed by atoms with Gasteiger partial charge in [0, 0.05) is 31.1 Å². The molecule has 1 amide bonds. The van der Waals surface area contributed by atoms with Crippen molar-refractivity contribution in [3.05, 3.63) is 64.1 Å². The number of rotatable bonds is 6. The zero-order valence-corrected chi connectivity index (χ0v) is 14.5. The number of benzene rings is 2. The van der Waals surface area contributed by atoms with E-state index in [-0.39, 0.29) is 5.91 Å². The Bertz CT molecular complexity index is 705. The standard InChI is InChI=1S/C18H18Cl2N2O2/c19-14-7-4-8-15(16(14)20)24-17(13-5-2-1-3-6-13)18(23)22-11-12-9-21-10-12/h1-8,12,17,21H,9-11H2,(H,22,23). The summed E-state index contributed by atoms with van der Waals surface area (Å²) in [7, 11) is 0. The molecule has 0 bridgehead atoms. The lowest BCUT2D eigenvalue weighted by molar-refractivity contribution is -0.128. The molecule has 2 aromatic rings. The molecular weight excluding hydrogens is 347 g/mol. The van der Waals surface area contributed by atoms with Crippen molar-refractivity contribution in [1.29, 1.82) is 0 Å². The number of hydrogen-bond acceptors (Lipinski definition) is 3. The highest BCUT2D eigenvalue weighted by atomic mass is 35.5. The third-order valence-corrected chi connectivity index (χ3v) is 4.73. The molecule has 3 rings (SSSR count). The molecule has 0 aromatic heterocycles. The Labute approximate surface area is 151 Å². The van der Waals surface area contributed by atoms with E-state index in [2.05, 4.69) is 10.6 Å². The third kappa shape index (κ3) is 4.01. The van der Waals surface area contributed by atoms with Crippen LogP contribution in [-0.2, 0) is 4.79 Å². The van der Waals surface area contributed by atoms with Crippen LogP contribution in [0.15, 0.2) is 48.5 Å². The first-order valence-electron chi connectivity index (χ1n) is 7.79. The normalized spacial score (nSPS) is 15.4. The van der Waals surface area contributed by atoms with Gasteiger partial charge in [-0.05, 0) is 12.1 Å². The second-order valence-corrected chi connectivity index (χ2v) is 6.52. The van der Waals surface area contributed by atoms with Crippen molar-refractivity contribution >= 4 is 29.1 Å². The van der Waals surface area contributed by atoms with Crippen LogP contribution in [0.5, 0.6) is 5.75 Å². The molecular formula is C18H18Cl2N2O2. The fraction of sp³-hybridized carbons (Fsp3) is 0.278. The van der Waals surface area contributed by atoms with Crippen LogP contribution in [0.3, 0.4) is 0 Å². The number of carbonyl (C=O) groups excluding carboxylic acids is 1. The van der Waals surface area contributed by atoms with Gasteiger partial charge in [-0.1, -0.05) is 59.6 Å². The van der Waals surface area contributed by atoms with Gasteiger partial charge < -0.3 is 15.4 Å². The maximum atomic E-state index is 12.7. The Morgan fingerprint density at radius 2 is 1.92 bits per heavy atom. The van der Waals surface area contributed by atoms with Crippen LogP contribution >= 0.6 is 23.2 Å². The number of hydrogen-bond donors (Lipinski definition) is 2. The minimum Gasteiger partial charge on any atom is -0.474 e. The fourth-order valence-corrected chi connectivity index (χ4v) is 2.77. The summed E-state index contributed by atoms with van der Waals surface area (Å²) in [6, 6.07) is 14.5. The van der Waals surface area contributed by atoms with Crippen LogP contribution in [0, 0.1) is 5.92 Å². The largest absolute Gasteiger partial charge is 0.474 e. The number of amides is 1. The molecule has 2 aromatic carbocycles. The second-order valence-electron chi connectivity index (χ2n) is 5.73. The van der Waals surface area contributed by atoms with Crippen molar-refractivity contribution in [2.45, 2.75) is 6.10 Å². The molecule has 24 heavy (non-hydrogen) atoms. The van der Waals surface area contributed by atoms with E-state index >= 15 is 0 Å². The van der Waals surface area contributed by atoms with Crippen LogP contribution in [0.1, 0.15) is 11.7 Å². The van der Waals surface area contributed by atoms with Gasteiger partial charge in [0.15, 0.2) is 0 Å². The highest BCUT2D eigenvalue weighted by molar-refractivity contribution is 6.42. The predicted molar refractivity (Wildman–Crippen MR) is 95.6 cm³/mol. The maximum absolute atomic E-state index is 12.7. The minimum absolute atomic E-state index is 0.191. The summed E-state index contributed by atoms with van der Waals surface area (Å²) in [5.74, 6) is 0.669. The second kappa shape index (κ2) is 7.88. The van der Waals surface area contributed by atoms with Crippen molar-refractivity contribution < 1.29 is 9.53 Å². The summed E-state index contributed by atoms with van der Waals surface area (Å²) in [5.41, 5.74) is 0.762. The number of nitrogens with one attached hydrogen (secondary N) is 2. The summed E-state index contributed by atoms with van der Waals surface area (Å²) in [4.78, 5) is 12.7. The quantitative estimate of drug-likeness (QED) is 0.825. The summed E-state index contributed by atoms with van der Waals surface area (Å²) in [6.07, 6.45) is -0.782. The van der Waals surface area contributed by atoms with E-state index in [1.54, 1.807) is 18.2 Å². The summed E-state index contributed by atoms with van der Waals surface area (Å²) in [5, 5.41) is 6.83. The van der Waals surface area contributed by atoms with E-state index < -0.39 is 6.10 Å². The van der Waals surface area contributed by atoms with Gasteiger partial charge in [0.1, 0.15) is 10.8 Å². The van der Waals surface area contributed by atoms with Gasteiger partial charge >= 0.3 is 0 Å². The Kier molecular flexibility index (Phi) is 5.61. The Morgan fingerprint density at radius 3 is 2.58 bits per heavy atom. The van der Waals surface area contributed by atoms with Crippen molar-refractivity contribution in [3.8, 4) is 5.75 Å². The van der Waals surface area contributed by atoms with E-state index in [0.717, 1.165) is 18.7 Å². The SMILES string of the molecule is O=C(NCC1CNC1)C(Oc1cccc(Cl)c1Cl)c1ccccc1. The van der Waals surface area contributed by atoms with Crippen molar-refractivity contribution in [3.63, 3.8) is 0 Å². The molecule has 4 nitrogen and oxygen atoms in total. The topological polar surface area (TPSA) is 50.4 Å². The smallest absolute Gasteiger partial charge is 0.265 e. The molecule has 0 radical (unpaired) electrons. The van der Waals surface area contributed by atoms with Crippen LogP contribution in [0.4, 0.5) is 0 Å². The molecule has 1 fully saturated rings. The highest BCUT2D eigenvalue weighted by Gasteiger charge is 2.25. The molecule has 1 aliphatic heterocycles. The van der Waals surface area contributed by atoms with E-state index in [9.17, 15) is 4.79 Å². The average molecular weight is 365 g/mol. The van der Waals surface area contributed by atoms with E-state index in [1.807, 2.05) is 30.3 Å². The van der Waals surface area contributed by atoms with Gasteiger partial charge in [-0.3, -0.25) is 4.79 Å². The lowest BCUT2D eigenvalue weighted by Crippen LogP contribution is -2.49. The molecule has 0 spiro atoms. The van der Waals surface area contributed by atoms with Crippen molar-refractivity contribution in [2.75, 3.05) is 19.6 Å². The molecule has 1 heterocycles. The zero-order chi connectivity index (χ0) is 16.9. The molecule has 1 aliphatic rings. The van der Waals surface area contributed by atoms with Gasteiger partial charge in [-0.2, -0.15) is 0 Å². The van der Waals surface area contributed by atoms with E-state index in [1.165, 1.54) is 0 Å². The summed E-state index contributed by atoms with van der Waals surface area (Å²) >= 11 is 12.2. The van der Waals surface area contributed by atoms with Gasteiger partial charge in [-0.15, -0.1) is 0 Å². The lowest BCUT2D eigenvalue weighted by atomic mass is 10.0. The lowest BCUT2D eigenvalue weighted by Gasteiger charge is -2.28. The molecule has 2 N–H and O–H groups in total.